The summed E-state index contributed by atoms with van der Waals surface area (Å²) in [7, 11) is 0. The van der Waals surface area contributed by atoms with Crippen molar-refractivity contribution in [3.63, 3.8) is 0 Å². The lowest BCUT2D eigenvalue weighted by Gasteiger charge is -2.12. The Kier molecular flexibility index (Phi) is 7.05. The molecule has 0 heterocycles. The highest BCUT2D eigenvalue weighted by atomic mass is 16.4. The first kappa shape index (κ1) is 13.5. The molecule has 0 aliphatic rings. The molecule has 0 aromatic heterocycles. The largest absolute Gasteiger partial charge is 0.480 e. The molecule has 0 bridgehead atoms. The molecule has 0 aromatic carbocycles. The highest BCUT2D eigenvalue weighted by Crippen LogP contribution is 1.90. The van der Waals surface area contributed by atoms with Crippen LogP contribution in [0.4, 0.5) is 4.79 Å². The molecule has 0 aliphatic heterocycles. The molecular weight excluding hydrogens is 196 g/mol. The van der Waals surface area contributed by atoms with Gasteiger partial charge in [-0.1, -0.05) is 19.1 Å². The molecule has 0 aliphatic carbocycles. The molecule has 0 fully saturated rings. The molecule has 3 N–H and O–H groups in total. The van der Waals surface area contributed by atoms with Crippen LogP contribution in [-0.2, 0) is 4.79 Å². The minimum atomic E-state index is -1.01. The second kappa shape index (κ2) is 7.84. The monoisotopic (exact) mass is 214 g/mol. The Balaban J connectivity index is 3.76. The van der Waals surface area contributed by atoms with Crippen molar-refractivity contribution in [2.24, 2.45) is 0 Å². The van der Waals surface area contributed by atoms with Crippen molar-refractivity contribution in [3.8, 4) is 0 Å². The van der Waals surface area contributed by atoms with Gasteiger partial charge in [0.1, 0.15) is 6.04 Å². The van der Waals surface area contributed by atoms with E-state index in [0.717, 1.165) is 6.42 Å². The lowest BCUT2D eigenvalue weighted by Crippen LogP contribution is -2.45. The normalized spacial score (nSPS) is 12.4. The third-order valence-corrected chi connectivity index (χ3v) is 1.84. The van der Waals surface area contributed by atoms with Crippen molar-refractivity contribution in [2.75, 3.05) is 6.54 Å². The van der Waals surface area contributed by atoms with E-state index in [4.69, 9.17) is 5.11 Å². The van der Waals surface area contributed by atoms with E-state index in [1.165, 1.54) is 0 Å². The van der Waals surface area contributed by atoms with E-state index >= 15 is 0 Å². The summed E-state index contributed by atoms with van der Waals surface area (Å²) in [5, 5.41) is 13.6. The van der Waals surface area contributed by atoms with Crippen molar-refractivity contribution in [1.29, 1.82) is 0 Å². The number of carboxylic acids is 1. The lowest BCUT2D eigenvalue weighted by molar-refractivity contribution is -0.139. The van der Waals surface area contributed by atoms with E-state index < -0.39 is 18.0 Å². The molecule has 5 nitrogen and oxygen atoms in total. The molecule has 1 atom stereocenters. The van der Waals surface area contributed by atoms with E-state index in [0.29, 0.717) is 13.0 Å². The van der Waals surface area contributed by atoms with Gasteiger partial charge in [-0.2, -0.15) is 0 Å². The summed E-state index contributed by atoms with van der Waals surface area (Å²) in [6.45, 7) is 4.11. The quantitative estimate of drug-likeness (QED) is 0.458. The molecule has 2 amide bonds. The zero-order valence-corrected chi connectivity index (χ0v) is 9.12. The molecule has 0 radical (unpaired) electrons. The number of allylic oxidation sites excluding steroid dienone is 1. The number of amides is 2. The number of rotatable bonds is 6. The predicted molar refractivity (Wildman–Crippen MR) is 57.7 cm³/mol. The summed E-state index contributed by atoms with van der Waals surface area (Å²) < 4.78 is 0. The van der Waals surface area contributed by atoms with Gasteiger partial charge >= 0.3 is 12.0 Å². The Morgan fingerprint density at radius 3 is 2.60 bits per heavy atom. The van der Waals surface area contributed by atoms with Gasteiger partial charge in [0.05, 0.1) is 0 Å². The van der Waals surface area contributed by atoms with Gasteiger partial charge in [0, 0.05) is 6.54 Å². The molecule has 0 saturated carbocycles. The lowest BCUT2D eigenvalue weighted by atomic mass is 10.2. The summed E-state index contributed by atoms with van der Waals surface area (Å²) >= 11 is 0. The maximum Gasteiger partial charge on any atom is 0.326 e. The van der Waals surface area contributed by atoms with E-state index in [1.807, 2.05) is 19.1 Å². The Bertz CT molecular complexity index is 239. The molecule has 0 rings (SSSR count). The highest BCUT2D eigenvalue weighted by molar-refractivity contribution is 5.82. The van der Waals surface area contributed by atoms with Gasteiger partial charge in [0.25, 0.3) is 0 Å². The Labute approximate surface area is 89.6 Å². The zero-order chi connectivity index (χ0) is 11.7. The Hall–Kier alpha value is -1.52. The van der Waals surface area contributed by atoms with Crippen molar-refractivity contribution >= 4 is 12.0 Å². The van der Waals surface area contributed by atoms with Gasteiger partial charge in [-0.05, 0) is 19.8 Å². The molecule has 0 saturated heterocycles. The van der Waals surface area contributed by atoms with Crippen LogP contribution in [0.25, 0.3) is 0 Å². The van der Waals surface area contributed by atoms with Gasteiger partial charge in [-0.25, -0.2) is 9.59 Å². The average molecular weight is 214 g/mol. The van der Waals surface area contributed by atoms with Gasteiger partial charge < -0.3 is 15.7 Å². The average Bonchev–Trinajstić information content (AvgIpc) is 2.20. The minimum absolute atomic E-state index is 0.373. The van der Waals surface area contributed by atoms with Crippen LogP contribution < -0.4 is 10.6 Å². The van der Waals surface area contributed by atoms with Crippen LogP contribution in [0.15, 0.2) is 12.2 Å². The molecule has 15 heavy (non-hydrogen) atoms. The Morgan fingerprint density at radius 1 is 1.47 bits per heavy atom. The minimum Gasteiger partial charge on any atom is -0.480 e. The van der Waals surface area contributed by atoms with Crippen molar-refractivity contribution in [2.45, 2.75) is 32.7 Å². The smallest absolute Gasteiger partial charge is 0.326 e. The van der Waals surface area contributed by atoms with E-state index in [1.54, 1.807) is 6.92 Å². The van der Waals surface area contributed by atoms with Crippen LogP contribution in [0, 0.1) is 0 Å². The topological polar surface area (TPSA) is 78.4 Å². The molecule has 5 heteroatoms. The molecule has 1 unspecified atom stereocenters. The van der Waals surface area contributed by atoms with Gasteiger partial charge in [0.15, 0.2) is 0 Å². The maximum absolute atomic E-state index is 11.2. The van der Waals surface area contributed by atoms with Gasteiger partial charge in [-0.3, -0.25) is 0 Å². The standard InChI is InChI=1S/C10H18N2O3/c1-3-5-6-7-11-10(15)12-8(4-2)9(13)14/h3,5,8H,4,6-7H2,1-2H3,(H,13,14)(H2,11,12,15)/b5-3+. The number of aliphatic carboxylic acids is 1. The fourth-order valence-corrected chi connectivity index (χ4v) is 0.983. The van der Waals surface area contributed by atoms with Gasteiger partial charge in [0.2, 0.25) is 0 Å². The first-order valence-electron chi connectivity index (χ1n) is 5.00. The number of carboxylic acid groups (broad SMARTS) is 1. The zero-order valence-electron chi connectivity index (χ0n) is 9.12. The fraction of sp³-hybridized carbons (Fsp3) is 0.600. The highest BCUT2D eigenvalue weighted by Gasteiger charge is 2.16. The maximum atomic E-state index is 11.2. The number of urea groups is 1. The number of hydrogen-bond donors (Lipinski definition) is 3. The molecule has 0 spiro atoms. The van der Waals surface area contributed by atoms with E-state index in [-0.39, 0.29) is 0 Å². The third-order valence-electron chi connectivity index (χ3n) is 1.84. The summed E-state index contributed by atoms with van der Waals surface area (Å²) in [5.41, 5.74) is 0. The van der Waals surface area contributed by atoms with Crippen LogP contribution in [0.3, 0.4) is 0 Å². The first-order valence-corrected chi connectivity index (χ1v) is 5.00. The summed E-state index contributed by atoms with van der Waals surface area (Å²) in [5.74, 6) is -1.01. The Morgan fingerprint density at radius 2 is 2.13 bits per heavy atom. The second-order valence-electron chi connectivity index (χ2n) is 3.06. The van der Waals surface area contributed by atoms with Crippen LogP contribution in [0.2, 0.25) is 0 Å². The number of carbonyl (C=O) groups excluding carboxylic acids is 1. The first-order chi connectivity index (χ1) is 7.11. The van der Waals surface area contributed by atoms with Crippen LogP contribution in [0.5, 0.6) is 0 Å². The van der Waals surface area contributed by atoms with Crippen LogP contribution >= 0.6 is 0 Å². The fourth-order valence-electron chi connectivity index (χ4n) is 0.983. The summed E-state index contributed by atoms with van der Waals surface area (Å²) in [6.07, 6.45) is 4.94. The SMILES string of the molecule is C/C=C/CCNC(=O)NC(CC)C(=O)O. The third kappa shape index (κ3) is 6.54. The van der Waals surface area contributed by atoms with Crippen LogP contribution in [-0.4, -0.2) is 29.7 Å². The second-order valence-corrected chi connectivity index (χ2v) is 3.06. The number of hydrogen-bond acceptors (Lipinski definition) is 2. The van der Waals surface area contributed by atoms with E-state index in [9.17, 15) is 9.59 Å². The number of nitrogens with one attached hydrogen (secondary N) is 2. The van der Waals surface area contributed by atoms with Gasteiger partial charge in [-0.15, -0.1) is 0 Å². The molecular formula is C10H18N2O3. The van der Waals surface area contributed by atoms with Crippen LogP contribution in [0.1, 0.15) is 26.7 Å². The van der Waals surface area contributed by atoms with E-state index in [2.05, 4.69) is 10.6 Å². The predicted octanol–water partition coefficient (Wildman–Crippen LogP) is 1.11. The number of carbonyl (C=O) groups is 2. The molecule has 0 aromatic rings. The summed E-state index contributed by atoms with van der Waals surface area (Å²) in [6, 6.07) is -1.25. The van der Waals surface area contributed by atoms with Crippen molar-refractivity contribution in [1.82, 2.24) is 10.6 Å². The van der Waals surface area contributed by atoms with Crippen molar-refractivity contribution < 1.29 is 14.7 Å². The molecule has 86 valence electrons. The van der Waals surface area contributed by atoms with Crippen molar-refractivity contribution in [3.05, 3.63) is 12.2 Å². The summed E-state index contributed by atoms with van der Waals surface area (Å²) in [4.78, 5) is 21.8.